The van der Waals surface area contributed by atoms with Crippen molar-refractivity contribution in [3.63, 3.8) is 0 Å². The Labute approximate surface area is 458 Å². The number of carbonyl (C=O) groups excluding carboxylic acids is 1. The zero-order valence-electron chi connectivity index (χ0n) is 45.0. The van der Waals surface area contributed by atoms with Gasteiger partial charge in [-0.05, 0) is 77.2 Å². The summed E-state index contributed by atoms with van der Waals surface area (Å²) in [7, 11) is 0. The minimum absolute atomic E-state index is 0.00613. The molecule has 2 fully saturated rings. The van der Waals surface area contributed by atoms with E-state index in [0.29, 0.717) is 77.3 Å². The first-order chi connectivity index (χ1) is 37.4. The number of nitrogens with one attached hydrogen (secondary N) is 2. The Bertz CT molecular complexity index is 1870. The fraction of sp³-hybridized carbons (Fsp3) is 0.792. The number of carboxylic acids is 8. The molecule has 452 valence electrons. The average molecular weight is 1140 g/mol. The number of unbranched alkanes of at least 4 members (excludes halogenated alkanes) is 4. The highest BCUT2D eigenvalue weighted by Crippen LogP contribution is 2.30. The molecule has 2 atom stereocenters. The van der Waals surface area contributed by atoms with Gasteiger partial charge in [-0.1, -0.05) is 6.42 Å². The van der Waals surface area contributed by atoms with Crippen molar-refractivity contribution in [3.05, 3.63) is 0 Å². The van der Waals surface area contributed by atoms with Crippen LogP contribution in [0.1, 0.15) is 77.0 Å². The second kappa shape index (κ2) is 38.0. The lowest BCUT2D eigenvalue weighted by atomic mass is 9.88. The summed E-state index contributed by atoms with van der Waals surface area (Å²) >= 11 is 0. The molecule has 79 heavy (non-hydrogen) atoms. The number of ether oxygens (including phenoxy) is 3. The molecule has 2 aliphatic heterocycles. The predicted octanol–water partition coefficient (Wildman–Crippen LogP) is -3.03. The summed E-state index contributed by atoms with van der Waals surface area (Å²) in [5.41, 5.74) is 8.50. The molecule has 14 N–H and O–H groups in total. The van der Waals surface area contributed by atoms with Crippen LogP contribution in [0.15, 0.2) is 4.99 Å². The summed E-state index contributed by atoms with van der Waals surface area (Å²) in [6.07, 6.45) is 6.57. The van der Waals surface area contributed by atoms with Crippen molar-refractivity contribution in [2.45, 2.75) is 100 Å². The number of nitrogens with zero attached hydrogens (tertiary/aromatic N) is 7. The number of nitrogens with two attached hydrogens (primary N) is 2. The molecule has 2 saturated heterocycles. The van der Waals surface area contributed by atoms with Gasteiger partial charge in [-0.25, -0.2) is 0 Å². The lowest BCUT2D eigenvalue weighted by Gasteiger charge is -2.45. The SMILES string of the molecule is NC(=O)[C@@H](N)CCCCNCO[C@H](CCCCN=COCCCCC1(N(CC(=O)O)CC(=O)O)CN(CC(=O)O)CCN(CC(=O)O)C1)NCOCCCCC1(N(CC(=O)O)CC(=O)O)CN(CC(=O)O)CCN(CC(=O)O)C1. The fourth-order valence-electron chi connectivity index (χ4n) is 9.87. The third-order valence-corrected chi connectivity index (χ3v) is 13.4. The first-order valence-corrected chi connectivity index (χ1v) is 26.4. The number of primary amides is 1. The second-order valence-corrected chi connectivity index (χ2v) is 20.0. The molecule has 1 amide bonds. The quantitative estimate of drug-likeness (QED) is 0.0125. The van der Waals surface area contributed by atoms with Crippen LogP contribution in [-0.2, 0) is 57.4 Å². The van der Waals surface area contributed by atoms with Gasteiger partial charge in [0.25, 0.3) is 0 Å². The summed E-state index contributed by atoms with van der Waals surface area (Å²) in [5, 5.41) is 83.8. The minimum atomic E-state index is -1.30. The van der Waals surface area contributed by atoms with Crippen molar-refractivity contribution in [2.24, 2.45) is 16.5 Å². The van der Waals surface area contributed by atoms with Crippen LogP contribution in [0.25, 0.3) is 0 Å². The van der Waals surface area contributed by atoms with Crippen LogP contribution in [-0.4, -0.2) is 298 Å². The van der Waals surface area contributed by atoms with Crippen LogP contribution in [0.5, 0.6) is 0 Å². The van der Waals surface area contributed by atoms with Gasteiger partial charge in [0.1, 0.15) is 6.23 Å². The molecule has 0 radical (unpaired) electrons. The Morgan fingerprint density at radius 3 is 1.37 bits per heavy atom. The fourth-order valence-corrected chi connectivity index (χ4v) is 9.87. The number of aliphatic imine (C=N–C) groups is 1. The zero-order valence-corrected chi connectivity index (χ0v) is 45.0. The molecule has 2 aliphatic rings. The summed E-state index contributed by atoms with van der Waals surface area (Å²) in [5.74, 6) is -10.3. The number of amides is 1. The van der Waals surface area contributed by atoms with E-state index in [1.54, 1.807) is 19.6 Å². The van der Waals surface area contributed by atoms with Crippen LogP contribution >= 0.6 is 0 Å². The number of hydrogen-bond donors (Lipinski definition) is 12. The Morgan fingerprint density at radius 2 is 0.962 bits per heavy atom. The summed E-state index contributed by atoms with van der Waals surface area (Å²) < 4.78 is 17.6. The maximum Gasteiger partial charge on any atom is 0.317 e. The van der Waals surface area contributed by atoms with E-state index >= 15 is 0 Å². The van der Waals surface area contributed by atoms with E-state index in [-0.39, 0.29) is 91.9 Å². The van der Waals surface area contributed by atoms with E-state index in [4.69, 9.17) is 25.7 Å². The van der Waals surface area contributed by atoms with Gasteiger partial charge >= 0.3 is 47.8 Å². The molecule has 0 aromatic rings. The third-order valence-electron chi connectivity index (χ3n) is 13.4. The largest absolute Gasteiger partial charge is 0.483 e. The molecule has 0 unspecified atom stereocenters. The average Bonchev–Trinajstić information content (AvgIpc) is 3.71. The van der Waals surface area contributed by atoms with Crippen molar-refractivity contribution in [1.82, 2.24) is 40.0 Å². The normalized spacial score (nSPS) is 17.3. The monoisotopic (exact) mass is 1140 g/mol. The van der Waals surface area contributed by atoms with Crippen molar-refractivity contribution < 1.29 is 98.2 Å². The lowest BCUT2D eigenvalue weighted by molar-refractivity contribution is -0.148. The minimum Gasteiger partial charge on any atom is -0.483 e. The molecule has 31 heteroatoms. The molecule has 0 aliphatic carbocycles. The first-order valence-electron chi connectivity index (χ1n) is 26.4. The predicted molar refractivity (Wildman–Crippen MR) is 279 cm³/mol. The van der Waals surface area contributed by atoms with Crippen molar-refractivity contribution in [2.75, 3.05) is 144 Å². The van der Waals surface area contributed by atoms with Crippen LogP contribution in [0.3, 0.4) is 0 Å². The van der Waals surface area contributed by atoms with Gasteiger partial charge in [0.2, 0.25) is 5.91 Å². The van der Waals surface area contributed by atoms with E-state index in [0.717, 1.165) is 0 Å². The maximum absolute atomic E-state index is 12.0. The van der Waals surface area contributed by atoms with Crippen molar-refractivity contribution >= 4 is 60.1 Å². The number of carboxylic acid groups (broad SMARTS) is 8. The molecule has 0 bridgehead atoms. The van der Waals surface area contributed by atoms with E-state index in [2.05, 4.69) is 15.6 Å². The third kappa shape index (κ3) is 30.4. The molecule has 0 spiro atoms. The molecule has 31 nitrogen and oxygen atoms in total. The van der Waals surface area contributed by atoms with Gasteiger partial charge in [0.15, 0.2) is 6.40 Å². The second-order valence-electron chi connectivity index (χ2n) is 20.0. The van der Waals surface area contributed by atoms with E-state index in [1.807, 2.05) is 0 Å². The summed E-state index contributed by atoms with van der Waals surface area (Å²) in [6.45, 7) is -2.05. The van der Waals surface area contributed by atoms with Gasteiger partial charge in [-0.15, -0.1) is 0 Å². The van der Waals surface area contributed by atoms with Gasteiger partial charge in [0.05, 0.1) is 78.5 Å². The molecule has 2 heterocycles. The lowest BCUT2D eigenvalue weighted by Crippen LogP contribution is -2.62. The summed E-state index contributed by atoms with van der Waals surface area (Å²) in [6, 6.07) is -0.722. The molecule has 0 aromatic carbocycles. The van der Waals surface area contributed by atoms with Crippen LogP contribution < -0.4 is 22.1 Å². The maximum atomic E-state index is 12.0. The number of aliphatic carboxylic acids is 8. The highest BCUT2D eigenvalue weighted by atomic mass is 16.5. The Hall–Kier alpha value is -5.74. The number of hydrogen-bond acceptors (Lipinski definition) is 22. The zero-order chi connectivity index (χ0) is 58.8. The Kier molecular flexibility index (Phi) is 33.4. The van der Waals surface area contributed by atoms with Crippen molar-refractivity contribution in [1.29, 1.82) is 0 Å². The topological polar surface area (TPSA) is 451 Å². The van der Waals surface area contributed by atoms with E-state index < -0.39 is 129 Å². The first kappa shape index (κ1) is 69.4. The highest BCUT2D eigenvalue weighted by molar-refractivity contribution is 5.79. The van der Waals surface area contributed by atoms with E-state index in [9.17, 15) is 84.0 Å². The van der Waals surface area contributed by atoms with Gasteiger partial charge < -0.3 is 66.5 Å². The Balaban J connectivity index is 2.02. The van der Waals surface area contributed by atoms with E-state index in [1.165, 1.54) is 16.2 Å². The Morgan fingerprint density at radius 1 is 0.544 bits per heavy atom. The van der Waals surface area contributed by atoms with Gasteiger partial charge in [-0.3, -0.25) is 88.2 Å². The van der Waals surface area contributed by atoms with Crippen LogP contribution in [0.2, 0.25) is 0 Å². The van der Waals surface area contributed by atoms with Gasteiger partial charge in [-0.2, -0.15) is 0 Å². The molecular weight excluding hydrogens is 1050 g/mol. The smallest absolute Gasteiger partial charge is 0.317 e. The van der Waals surface area contributed by atoms with Crippen molar-refractivity contribution in [3.8, 4) is 0 Å². The molecule has 2 rings (SSSR count). The number of rotatable bonds is 46. The van der Waals surface area contributed by atoms with Crippen LogP contribution in [0.4, 0.5) is 0 Å². The van der Waals surface area contributed by atoms with Gasteiger partial charge in [0, 0.05) is 76.6 Å². The molecule has 0 saturated carbocycles. The standard InChI is InChI=1S/C48H85N11O20/c49-36(46(50)76)9-1-5-14-52-34-79-37(53-35-78-20-8-4-12-48(59(27-44(72)73)28-45(74)75)31-56(23-40(64)65)17-18-57(32-48)24-41(66)67)10-2-6-13-51-33-77-19-7-3-11-47(58(25-42(68)69)26-43(70)71)29-54(21-38(60)61)15-16-55(30-47)22-39(62)63/h33,36-37,52-53H,1-32,34-35,49H2,(H2,50,76)(H,60,61)(H,62,63)(H,64,65)(H,66,67)(H,68,69)(H,70,71)(H,72,73)(H,74,75)/t36-,37+/m0/s1. The van der Waals surface area contributed by atoms with Crippen LogP contribution in [0, 0.1) is 0 Å². The highest BCUT2D eigenvalue weighted by Gasteiger charge is 2.45. The number of carbonyl (C=O) groups is 9. The summed E-state index contributed by atoms with van der Waals surface area (Å²) in [4.78, 5) is 119. The molecule has 0 aromatic heterocycles. The molecular formula is C48H85N11O20.